The van der Waals surface area contributed by atoms with E-state index >= 15 is 0 Å². The first kappa shape index (κ1) is 25.5. The van der Waals surface area contributed by atoms with Crippen molar-refractivity contribution in [1.29, 1.82) is 0 Å². The first-order valence-corrected chi connectivity index (χ1v) is 16.3. The number of thiophene rings is 1. The van der Waals surface area contributed by atoms with Crippen molar-refractivity contribution in [3.05, 3.63) is 152 Å². The Morgan fingerprint density at radius 3 is 1.89 bits per heavy atom. The fourth-order valence-corrected chi connectivity index (χ4v) is 8.22. The lowest BCUT2D eigenvalue weighted by Crippen LogP contribution is -2.02. The largest absolute Gasteiger partial charge is 0.294 e. The Morgan fingerprint density at radius 2 is 1.09 bits per heavy atom. The zero-order valence-corrected chi connectivity index (χ0v) is 25.5. The highest BCUT2D eigenvalue weighted by atomic mass is 32.1. The summed E-state index contributed by atoms with van der Waals surface area (Å²) in [6.45, 7) is 0. The highest BCUT2D eigenvalue weighted by molar-refractivity contribution is 7.26. The van der Waals surface area contributed by atoms with Crippen molar-refractivity contribution in [3.8, 4) is 28.5 Å². The van der Waals surface area contributed by atoms with Crippen molar-refractivity contribution < 1.29 is 0 Å². The molecule has 0 unspecified atom stereocenters. The van der Waals surface area contributed by atoms with Crippen LogP contribution >= 0.6 is 11.3 Å². The van der Waals surface area contributed by atoms with Crippen molar-refractivity contribution in [2.45, 2.75) is 0 Å². The number of aromatic nitrogens is 3. The quantitative estimate of drug-likeness (QED) is 0.201. The molecule has 0 fully saturated rings. The molecule has 0 aliphatic carbocycles. The minimum absolute atomic E-state index is 0.710. The molecule has 0 radical (unpaired) electrons. The second-order valence-corrected chi connectivity index (χ2v) is 12.9. The average Bonchev–Trinajstić information content (AvgIpc) is 3.64. The summed E-state index contributed by atoms with van der Waals surface area (Å²) in [6, 6.07) is 54.1. The number of hydrogen-bond donors (Lipinski definition) is 0. The van der Waals surface area contributed by atoms with E-state index in [0.29, 0.717) is 5.82 Å². The van der Waals surface area contributed by atoms with Crippen LogP contribution in [0.2, 0.25) is 0 Å². The van der Waals surface area contributed by atoms with Crippen LogP contribution < -0.4 is 0 Å². The fourth-order valence-electron chi connectivity index (χ4n) is 6.97. The summed E-state index contributed by atoms with van der Waals surface area (Å²) in [5.41, 5.74) is 5.23. The third-order valence-electron chi connectivity index (χ3n) is 9.16. The molecular weight excluding hydrogens is 579 g/mol. The van der Waals surface area contributed by atoms with Crippen LogP contribution in [-0.4, -0.2) is 14.5 Å². The van der Waals surface area contributed by atoms with Crippen molar-refractivity contribution in [2.75, 3.05) is 0 Å². The Hall–Kier alpha value is -5.84. The number of rotatable bonds is 3. The molecule has 3 aromatic heterocycles. The van der Waals surface area contributed by atoms with Gasteiger partial charge in [-0.25, -0.2) is 9.97 Å². The van der Waals surface area contributed by atoms with Crippen LogP contribution in [0.25, 0.3) is 92.0 Å². The smallest absolute Gasteiger partial charge is 0.162 e. The molecule has 0 saturated heterocycles. The van der Waals surface area contributed by atoms with E-state index in [9.17, 15) is 0 Å². The van der Waals surface area contributed by atoms with Crippen molar-refractivity contribution >= 4 is 74.9 Å². The molecule has 0 saturated carbocycles. The van der Waals surface area contributed by atoms with Gasteiger partial charge < -0.3 is 0 Å². The molecule has 0 atom stereocenters. The van der Waals surface area contributed by atoms with Crippen molar-refractivity contribution in [3.63, 3.8) is 0 Å². The minimum Gasteiger partial charge on any atom is -0.294 e. The standard InChI is InChI=1S/C42H25N3S/c1-3-12-27(13-4-1)36-24-40(44-42(43-36)28-14-5-2-6-15-28)45-37-22-30-17-8-7-16-29(30)21-33(37)34-23-35-32-20-19-26-11-9-10-18-31(26)41(32)46-39(35)25-38(34)45/h1-25H. The minimum atomic E-state index is 0.710. The molecule has 3 nitrogen and oxygen atoms in total. The summed E-state index contributed by atoms with van der Waals surface area (Å²) in [6.07, 6.45) is 0. The Kier molecular flexibility index (Phi) is 5.45. The van der Waals surface area contributed by atoms with E-state index < -0.39 is 0 Å². The topological polar surface area (TPSA) is 30.7 Å². The van der Waals surface area contributed by atoms with Gasteiger partial charge >= 0.3 is 0 Å². The number of benzene rings is 7. The predicted molar refractivity (Wildman–Crippen MR) is 195 cm³/mol. The van der Waals surface area contributed by atoms with Gasteiger partial charge in [-0.3, -0.25) is 4.57 Å². The van der Waals surface area contributed by atoms with Crippen LogP contribution in [0.3, 0.4) is 0 Å². The van der Waals surface area contributed by atoms with E-state index in [1.807, 2.05) is 35.6 Å². The molecule has 3 heterocycles. The molecule has 214 valence electrons. The van der Waals surface area contributed by atoms with Gasteiger partial charge in [0, 0.05) is 48.1 Å². The Bertz CT molecular complexity index is 2740. The zero-order chi connectivity index (χ0) is 30.2. The maximum Gasteiger partial charge on any atom is 0.162 e. The van der Waals surface area contributed by atoms with Gasteiger partial charge in [0.2, 0.25) is 0 Å². The average molecular weight is 604 g/mol. The van der Waals surface area contributed by atoms with Crippen LogP contribution in [0.4, 0.5) is 0 Å². The molecule has 7 aromatic carbocycles. The normalized spacial score (nSPS) is 11.9. The van der Waals surface area contributed by atoms with E-state index in [1.165, 1.54) is 52.5 Å². The number of fused-ring (bicyclic) bond motifs is 9. The van der Waals surface area contributed by atoms with Gasteiger partial charge in [-0.15, -0.1) is 11.3 Å². The second kappa shape index (κ2) is 9.83. The van der Waals surface area contributed by atoms with E-state index in [4.69, 9.17) is 9.97 Å². The van der Waals surface area contributed by atoms with Crippen LogP contribution in [0.1, 0.15) is 0 Å². The third-order valence-corrected chi connectivity index (χ3v) is 10.4. The second-order valence-electron chi connectivity index (χ2n) is 11.8. The summed E-state index contributed by atoms with van der Waals surface area (Å²) in [7, 11) is 0. The maximum atomic E-state index is 5.27. The van der Waals surface area contributed by atoms with E-state index in [-0.39, 0.29) is 0 Å². The summed E-state index contributed by atoms with van der Waals surface area (Å²) in [5, 5.41) is 10.1. The molecule has 0 amide bonds. The summed E-state index contributed by atoms with van der Waals surface area (Å²) >= 11 is 1.88. The Balaban J connectivity index is 1.34. The lowest BCUT2D eigenvalue weighted by atomic mass is 10.0. The van der Waals surface area contributed by atoms with Gasteiger partial charge in [-0.2, -0.15) is 0 Å². The van der Waals surface area contributed by atoms with Gasteiger partial charge in [0.25, 0.3) is 0 Å². The van der Waals surface area contributed by atoms with E-state index in [1.54, 1.807) is 0 Å². The molecule has 10 rings (SSSR count). The summed E-state index contributed by atoms with van der Waals surface area (Å²) in [5.74, 6) is 1.57. The van der Waals surface area contributed by atoms with E-state index in [0.717, 1.165) is 33.7 Å². The summed E-state index contributed by atoms with van der Waals surface area (Å²) < 4.78 is 4.95. The van der Waals surface area contributed by atoms with Crippen molar-refractivity contribution in [1.82, 2.24) is 14.5 Å². The highest BCUT2D eigenvalue weighted by Crippen LogP contribution is 2.43. The molecular formula is C42H25N3S. The van der Waals surface area contributed by atoms with Gasteiger partial charge in [0.15, 0.2) is 5.82 Å². The molecule has 0 bridgehead atoms. The highest BCUT2D eigenvalue weighted by Gasteiger charge is 2.19. The lowest BCUT2D eigenvalue weighted by molar-refractivity contribution is 1.05. The molecule has 10 aromatic rings. The van der Waals surface area contributed by atoms with Gasteiger partial charge in [-0.05, 0) is 45.8 Å². The number of nitrogens with zero attached hydrogens (tertiary/aromatic N) is 3. The molecule has 0 aliphatic heterocycles. The van der Waals surface area contributed by atoms with Crippen molar-refractivity contribution in [2.24, 2.45) is 0 Å². The van der Waals surface area contributed by atoms with Crippen LogP contribution in [0, 0.1) is 0 Å². The third kappa shape index (κ3) is 3.84. The molecule has 0 N–H and O–H groups in total. The predicted octanol–water partition coefficient (Wildman–Crippen LogP) is 11.6. The van der Waals surface area contributed by atoms with Gasteiger partial charge in [0.1, 0.15) is 5.82 Å². The van der Waals surface area contributed by atoms with Crippen LogP contribution in [0.15, 0.2) is 152 Å². The van der Waals surface area contributed by atoms with Gasteiger partial charge in [0.05, 0.1) is 16.7 Å². The Labute approximate surface area is 268 Å². The van der Waals surface area contributed by atoms with Crippen LogP contribution in [-0.2, 0) is 0 Å². The molecule has 0 spiro atoms. The molecule has 46 heavy (non-hydrogen) atoms. The van der Waals surface area contributed by atoms with E-state index in [2.05, 4.69) is 132 Å². The first-order chi connectivity index (χ1) is 22.8. The summed E-state index contributed by atoms with van der Waals surface area (Å²) in [4.78, 5) is 10.4. The number of hydrogen-bond acceptors (Lipinski definition) is 3. The van der Waals surface area contributed by atoms with Crippen LogP contribution in [0.5, 0.6) is 0 Å². The monoisotopic (exact) mass is 603 g/mol. The molecule has 0 aliphatic rings. The van der Waals surface area contributed by atoms with Gasteiger partial charge in [-0.1, -0.05) is 121 Å². The zero-order valence-electron chi connectivity index (χ0n) is 24.7. The SMILES string of the molecule is c1ccc(-c2cc(-n3c4cc5ccccc5cc4c4cc5c(cc43)sc3c4ccccc4ccc53)nc(-c3ccccc3)n2)cc1. The lowest BCUT2D eigenvalue weighted by Gasteiger charge is -2.12. The maximum absolute atomic E-state index is 5.27. The first-order valence-electron chi connectivity index (χ1n) is 15.5. The molecule has 4 heteroatoms. The Morgan fingerprint density at radius 1 is 0.435 bits per heavy atom. The fraction of sp³-hybridized carbons (Fsp3) is 0.